The van der Waals surface area contributed by atoms with E-state index in [4.69, 9.17) is 10.5 Å². The van der Waals surface area contributed by atoms with E-state index in [0.717, 1.165) is 0 Å². The fourth-order valence-corrected chi connectivity index (χ4v) is 1.63. The van der Waals surface area contributed by atoms with Crippen LogP contribution < -0.4 is 10.5 Å². The number of carbonyl (C=O) groups is 1. The highest BCUT2D eigenvalue weighted by atomic mass is 19.3. The van der Waals surface area contributed by atoms with Crippen molar-refractivity contribution in [3.8, 4) is 5.75 Å². The zero-order valence-corrected chi connectivity index (χ0v) is 9.39. The van der Waals surface area contributed by atoms with Crippen molar-refractivity contribution in [1.29, 1.82) is 0 Å². The van der Waals surface area contributed by atoms with Gasteiger partial charge in [0, 0.05) is 5.56 Å². The van der Waals surface area contributed by atoms with Crippen LogP contribution >= 0.6 is 0 Å². The lowest BCUT2D eigenvalue weighted by Crippen LogP contribution is -2.32. The second kappa shape index (κ2) is 4.25. The Balaban J connectivity index is 2.32. The Morgan fingerprint density at radius 1 is 1.50 bits per heavy atom. The zero-order valence-electron chi connectivity index (χ0n) is 9.39. The average Bonchev–Trinajstić information content (AvgIpc) is 2.53. The molecule has 1 amide bonds. The van der Waals surface area contributed by atoms with Gasteiger partial charge in [-0.15, -0.1) is 0 Å². The third-order valence-electron chi connectivity index (χ3n) is 2.54. The molecule has 0 saturated carbocycles. The van der Waals surface area contributed by atoms with Gasteiger partial charge in [-0.25, -0.2) is 0 Å². The quantitative estimate of drug-likeness (QED) is 0.886. The highest BCUT2D eigenvalue weighted by Gasteiger charge is 2.43. The first-order valence-electron chi connectivity index (χ1n) is 5.05. The van der Waals surface area contributed by atoms with E-state index in [0.29, 0.717) is 5.56 Å². The molecule has 0 aliphatic carbocycles. The number of hydrogen-bond donors (Lipinski definition) is 1. The summed E-state index contributed by atoms with van der Waals surface area (Å²) in [6.07, 6.45) is 0. The molecule has 7 heteroatoms. The van der Waals surface area contributed by atoms with E-state index in [-0.39, 0.29) is 11.8 Å². The third kappa shape index (κ3) is 2.11. The molecule has 1 atom stereocenters. The first kappa shape index (κ1) is 12.3. The maximum Gasteiger partial charge on any atom is 0.387 e. The molecule has 0 radical (unpaired) electrons. The van der Waals surface area contributed by atoms with Gasteiger partial charge in [0.2, 0.25) is 5.60 Å². The number of hydrogen-bond acceptors (Lipinski definition) is 4. The number of rotatable bonds is 3. The van der Waals surface area contributed by atoms with Gasteiger partial charge in [0.1, 0.15) is 5.75 Å². The molecule has 2 N–H and O–H groups in total. The van der Waals surface area contributed by atoms with Crippen molar-refractivity contribution in [2.75, 3.05) is 0 Å². The lowest BCUT2D eigenvalue weighted by Gasteiger charge is -2.21. The second-order valence-corrected chi connectivity index (χ2v) is 3.80. The van der Waals surface area contributed by atoms with E-state index in [2.05, 4.69) is 9.73 Å². The molecule has 5 nitrogen and oxygen atoms in total. The predicted octanol–water partition coefficient (Wildman–Crippen LogP) is 1.37. The number of benzene rings is 1. The molecular formula is C11H10F2N2O3. The van der Waals surface area contributed by atoms with Crippen molar-refractivity contribution in [3.05, 3.63) is 29.8 Å². The van der Waals surface area contributed by atoms with Crippen LogP contribution in [0.2, 0.25) is 0 Å². The summed E-state index contributed by atoms with van der Waals surface area (Å²) < 4.78 is 33.6. The van der Waals surface area contributed by atoms with E-state index < -0.39 is 18.1 Å². The summed E-state index contributed by atoms with van der Waals surface area (Å²) in [5.41, 5.74) is 4.26. The van der Waals surface area contributed by atoms with Gasteiger partial charge >= 0.3 is 6.61 Å². The Bertz CT molecular complexity index is 519. The van der Waals surface area contributed by atoms with Crippen molar-refractivity contribution in [2.45, 2.75) is 19.1 Å². The number of aliphatic imine (C=N–C) groups is 1. The Hall–Kier alpha value is -2.18. The topological polar surface area (TPSA) is 73.9 Å². The van der Waals surface area contributed by atoms with Gasteiger partial charge < -0.3 is 15.2 Å². The summed E-state index contributed by atoms with van der Waals surface area (Å²) in [4.78, 5) is 15.1. The van der Waals surface area contributed by atoms with Crippen LogP contribution in [0.15, 0.2) is 29.3 Å². The van der Waals surface area contributed by atoms with Crippen molar-refractivity contribution in [3.63, 3.8) is 0 Å². The molecule has 1 aromatic rings. The lowest BCUT2D eigenvalue weighted by molar-refractivity contribution is -0.130. The van der Waals surface area contributed by atoms with E-state index in [1.165, 1.54) is 25.1 Å². The predicted molar refractivity (Wildman–Crippen MR) is 58.1 cm³/mol. The fourth-order valence-electron chi connectivity index (χ4n) is 1.63. The molecule has 1 heterocycles. The summed E-state index contributed by atoms with van der Waals surface area (Å²) in [5, 5.41) is 0. The lowest BCUT2D eigenvalue weighted by atomic mass is 9.95. The third-order valence-corrected chi connectivity index (χ3v) is 2.54. The fraction of sp³-hybridized carbons (Fsp3) is 0.273. The second-order valence-electron chi connectivity index (χ2n) is 3.80. The van der Waals surface area contributed by atoms with E-state index in [1.807, 2.05) is 0 Å². The van der Waals surface area contributed by atoms with Crippen molar-refractivity contribution in [2.24, 2.45) is 10.7 Å². The Kier molecular flexibility index (Phi) is 2.90. The van der Waals surface area contributed by atoms with Crippen molar-refractivity contribution in [1.82, 2.24) is 0 Å². The highest BCUT2D eigenvalue weighted by molar-refractivity contribution is 6.01. The van der Waals surface area contributed by atoms with Crippen LogP contribution in [-0.4, -0.2) is 18.5 Å². The number of carbonyl (C=O) groups excluding carboxylic acids is 1. The van der Waals surface area contributed by atoms with E-state index in [9.17, 15) is 13.6 Å². The molecule has 0 aromatic heterocycles. The highest BCUT2D eigenvalue weighted by Crippen LogP contribution is 2.32. The normalized spacial score (nSPS) is 22.9. The van der Waals surface area contributed by atoms with Crippen LogP contribution in [0.25, 0.3) is 0 Å². The van der Waals surface area contributed by atoms with Crippen LogP contribution in [0, 0.1) is 0 Å². The molecule has 0 spiro atoms. The van der Waals surface area contributed by atoms with Crippen LogP contribution in [0.4, 0.5) is 8.78 Å². The van der Waals surface area contributed by atoms with Crippen molar-refractivity contribution < 1.29 is 23.0 Å². The molecule has 1 aliphatic heterocycles. The largest absolute Gasteiger partial charge is 0.444 e. The number of halogens is 2. The number of nitrogens with two attached hydrogens (primary N) is 1. The summed E-state index contributed by atoms with van der Waals surface area (Å²) >= 11 is 0. The Morgan fingerprint density at radius 3 is 2.78 bits per heavy atom. The standard InChI is InChI=1S/C11H10F2N2O3/c1-11(8(16)15-10(14)18-11)6-3-2-4-7(5-6)17-9(12)13/h2-5,9H,1H3,(H2,14,15,16). The molecule has 1 unspecified atom stereocenters. The summed E-state index contributed by atoms with van der Waals surface area (Å²) in [6, 6.07) is 5.41. The average molecular weight is 256 g/mol. The van der Waals surface area contributed by atoms with E-state index >= 15 is 0 Å². The Morgan fingerprint density at radius 2 is 2.22 bits per heavy atom. The first-order chi connectivity index (χ1) is 8.41. The molecule has 0 fully saturated rings. The summed E-state index contributed by atoms with van der Waals surface area (Å²) in [7, 11) is 0. The van der Waals surface area contributed by atoms with Gasteiger partial charge in [0.05, 0.1) is 0 Å². The van der Waals surface area contributed by atoms with Gasteiger partial charge in [-0.05, 0) is 19.1 Å². The number of amides is 1. The van der Waals surface area contributed by atoms with Gasteiger partial charge in [-0.2, -0.15) is 13.8 Å². The van der Waals surface area contributed by atoms with Crippen LogP contribution in [0.1, 0.15) is 12.5 Å². The minimum absolute atomic E-state index is 0.0643. The molecule has 96 valence electrons. The maximum absolute atomic E-state index is 12.1. The van der Waals surface area contributed by atoms with Crippen molar-refractivity contribution >= 4 is 11.9 Å². The first-order valence-corrected chi connectivity index (χ1v) is 5.05. The molecule has 1 aromatic carbocycles. The number of amidine groups is 1. The van der Waals surface area contributed by atoms with E-state index in [1.54, 1.807) is 6.07 Å². The van der Waals surface area contributed by atoms with Gasteiger partial charge in [-0.1, -0.05) is 12.1 Å². The number of nitrogens with zero attached hydrogens (tertiary/aromatic N) is 1. The summed E-state index contributed by atoms with van der Waals surface area (Å²) in [6.45, 7) is -1.48. The SMILES string of the molecule is CC1(c2cccc(OC(F)F)c2)OC(N)=NC1=O. The molecule has 2 rings (SSSR count). The van der Waals surface area contributed by atoms with Crippen LogP contribution in [0.5, 0.6) is 5.75 Å². The van der Waals surface area contributed by atoms with Gasteiger partial charge in [0.25, 0.3) is 11.9 Å². The molecular weight excluding hydrogens is 246 g/mol. The molecule has 0 bridgehead atoms. The minimum Gasteiger partial charge on any atom is -0.444 e. The Labute approximate surface area is 101 Å². The van der Waals surface area contributed by atoms with Crippen LogP contribution in [0.3, 0.4) is 0 Å². The molecule has 0 saturated heterocycles. The van der Waals surface area contributed by atoms with Gasteiger partial charge in [-0.3, -0.25) is 4.79 Å². The van der Waals surface area contributed by atoms with Gasteiger partial charge in [0.15, 0.2) is 0 Å². The summed E-state index contributed by atoms with van der Waals surface area (Å²) in [5.74, 6) is -0.653. The smallest absolute Gasteiger partial charge is 0.387 e. The zero-order chi connectivity index (χ0) is 13.3. The molecule has 1 aliphatic rings. The maximum atomic E-state index is 12.1. The number of alkyl halides is 2. The van der Waals surface area contributed by atoms with Crippen LogP contribution in [-0.2, 0) is 15.1 Å². The monoisotopic (exact) mass is 256 g/mol. The molecule has 18 heavy (non-hydrogen) atoms. The number of ether oxygens (including phenoxy) is 2. The minimum atomic E-state index is -2.94.